The number of allylic oxidation sites excluding steroid dienone is 2. The highest BCUT2D eigenvalue weighted by molar-refractivity contribution is 5.99. The van der Waals surface area contributed by atoms with E-state index >= 15 is 9.59 Å². The first-order chi connectivity index (χ1) is 39.2. The van der Waals surface area contributed by atoms with Crippen molar-refractivity contribution >= 4 is 65.0 Å². The van der Waals surface area contributed by atoms with Gasteiger partial charge in [0.15, 0.2) is 0 Å². The lowest BCUT2D eigenvalue weighted by Gasteiger charge is -2.41. The molecule has 0 saturated carbocycles. The minimum atomic E-state index is -1.63. The fourth-order valence-electron chi connectivity index (χ4n) is 10.6. The quantitative estimate of drug-likeness (QED) is 0.128. The van der Waals surface area contributed by atoms with Crippen molar-refractivity contribution in [2.24, 2.45) is 35.5 Å². The maximum atomic E-state index is 15.1. The molecule has 0 aromatic rings. The fraction of sp³-hybridized carbons (Fsp3) is 0.787. The zero-order valence-corrected chi connectivity index (χ0v) is 55.5. The molecule has 486 valence electrons. The summed E-state index contributed by atoms with van der Waals surface area (Å²) in [5, 5.41) is 33.7. The van der Waals surface area contributed by atoms with E-state index in [1.54, 1.807) is 46.8 Å². The van der Waals surface area contributed by atoms with Crippen LogP contribution < -0.4 is 21.3 Å². The van der Waals surface area contributed by atoms with Gasteiger partial charge in [0.1, 0.15) is 60.4 Å². The summed E-state index contributed by atoms with van der Waals surface area (Å²) in [6, 6.07) is -13.2. The van der Waals surface area contributed by atoms with Crippen LogP contribution in [0.25, 0.3) is 0 Å². The molecule has 0 radical (unpaired) electrons. The molecule has 1 heterocycles. The predicted octanol–water partition coefficient (Wildman–Crippen LogP) is 1.99. The van der Waals surface area contributed by atoms with Gasteiger partial charge in [0.25, 0.3) is 0 Å². The molecule has 1 aliphatic heterocycles. The number of hydrogen-bond donors (Lipinski definition) is 6. The van der Waals surface area contributed by atoms with E-state index in [1.165, 1.54) is 84.8 Å². The summed E-state index contributed by atoms with van der Waals surface area (Å²) in [6.07, 6.45) is 1.26. The number of nitrogens with zero attached hydrogens (tertiary/aromatic N) is 7. The molecule has 0 spiro atoms. The van der Waals surface area contributed by atoms with Gasteiger partial charge in [-0.3, -0.25) is 52.7 Å². The van der Waals surface area contributed by atoms with E-state index in [-0.39, 0.29) is 55.8 Å². The Bertz CT molecular complexity index is 2330. The zero-order chi connectivity index (χ0) is 66.0. The second kappa shape index (κ2) is 34.8. The molecule has 1 aliphatic rings. The van der Waals surface area contributed by atoms with Gasteiger partial charge in [-0.1, -0.05) is 95.2 Å². The van der Waals surface area contributed by atoms with E-state index in [0.29, 0.717) is 6.42 Å². The van der Waals surface area contributed by atoms with Gasteiger partial charge in [0, 0.05) is 49.3 Å². The predicted molar refractivity (Wildman–Crippen MR) is 325 cm³/mol. The van der Waals surface area contributed by atoms with Crippen molar-refractivity contribution in [2.75, 3.05) is 55.9 Å². The van der Waals surface area contributed by atoms with Crippen LogP contribution in [0.15, 0.2) is 12.2 Å². The first kappa shape index (κ1) is 76.8. The van der Waals surface area contributed by atoms with Crippen LogP contribution in [0, 0.1) is 35.5 Å². The van der Waals surface area contributed by atoms with Gasteiger partial charge in [-0.2, -0.15) is 0 Å². The lowest BCUT2D eigenvalue weighted by Crippen LogP contribution is -2.63. The molecule has 13 atom stereocenters. The first-order valence-corrected chi connectivity index (χ1v) is 30.2. The number of aliphatic hydroxyl groups is 2. The monoisotopic (exact) mass is 1200 g/mol. The van der Waals surface area contributed by atoms with Crippen LogP contribution in [-0.2, 0) is 52.7 Å². The maximum Gasteiger partial charge on any atom is 0.248 e. The molecule has 0 aromatic carbocycles. The molecule has 0 unspecified atom stereocenters. The standard InChI is InChI=1S/C61H109N11O13/c1-24-26-27-38(13)51(75)50-55(79)64-42(25-2)57(81)66(17)32-47(74)67(18)43(28-33(3)4)54(78)65-48(41(16)73)60(84)68(19)44(29-34(5)6)53(77)62-39(14)52(76)63-40(15)56(80)69(20)45(30-35(7)8)58(82)70(21)46(31-36(9)10)59(83)71(22)49(37(11)12)61(85)72(50)23/h24,26,33-46,48-51,73,75H,25,27-32H2,1-23H3,(H,62,77)(H,63,76)(H,64,79)(H,65,78)/b26-24+/t38-,39+,40-,41-,42+,43+,44+,45+,46+,48+,49+,50+,51-/m1/s1. The largest absolute Gasteiger partial charge is 0.391 e. The third kappa shape index (κ3) is 21.6. The van der Waals surface area contributed by atoms with Crippen molar-refractivity contribution in [1.82, 2.24) is 55.6 Å². The van der Waals surface area contributed by atoms with Crippen molar-refractivity contribution in [3.05, 3.63) is 12.2 Å². The minimum Gasteiger partial charge on any atom is -0.391 e. The molecule has 24 nitrogen and oxygen atoms in total. The molecule has 1 saturated heterocycles. The van der Waals surface area contributed by atoms with E-state index < -0.39 is 156 Å². The third-order valence-electron chi connectivity index (χ3n) is 15.9. The Balaban J connectivity index is 4.32. The van der Waals surface area contributed by atoms with Gasteiger partial charge < -0.3 is 65.8 Å². The van der Waals surface area contributed by atoms with Gasteiger partial charge >= 0.3 is 0 Å². The van der Waals surface area contributed by atoms with Crippen LogP contribution in [-0.4, -0.2) is 238 Å². The van der Waals surface area contributed by atoms with Crippen LogP contribution in [0.2, 0.25) is 0 Å². The molecule has 1 rings (SSSR count). The molecular formula is C61H109N11O13. The Hall–Kier alpha value is -6.17. The molecule has 11 amide bonds. The highest BCUT2D eigenvalue weighted by Gasteiger charge is 2.46. The Morgan fingerprint density at radius 1 is 0.471 bits per heavy atom. The smallest absolute Gasteiger partial charge is 0.248 e. The second-order valence-electron chi connectivity index (χ2n) is 25.6. The second-order valence-corrected chi connectivity index (χ2v) is 25.6. The van der Waals surface area contributed by atoms with Crippen LogP contribution >= 0.6 is 0 Å². The molecule has 1 fully saturated rings. The molecule has 24 heteroatoms. The first-order valence-electron chi connectivity index (χ1n) is 30.2. The summed E-state index contributed by atoms with van der Waals surface area (Å²) in [7, 11) is 9.65. The normalized spacial score (nSPS) is 27.2. The summed E-state index contributed by atoms with van der Waals surface area (Å²) < 4.78 is 0. The van der Waals surface area contributed by atoms with E-state index in [1.807, 2.05) is 55.4 Å². The zero-order valence-electron chi connectivity index (χ0n) is 55.5. The van der Waals surface area contributed by atoms with Crippen molar-refractivity contribution in [3.8, 4) is 0 Å². The summed E-state index contributed by atoms with van der Waals surface area (Å²) in [5.74, 6) is -10.1. The van der Waals surface area contributed by atoms with Crippen LogP contribution in [0.1, 0.15) is 149 Å². The maximum absolute atomic E-state index is 15.1. The molecule has 0 bridgehead atoms. The van der Waals surface area contributed by atoms with Crippen LogP contribution in [0.5, 0.6) is 0 Å². The number of nitrogens with one attached hydrogen (secondary N) is 4. The van der Waals surface area contributed by atoms with Gasteiger partial charge in [-0.25, -0.2) is 0 Å². The highest BCUT2D eigenvalue weighted by Crippen LogP contribution is 2.25. The van der Waals surface area contributed by atoms with Gasteiger partial charge in [0.2, 0.25) is 65.0 Å². The third-order valence-corrected chi connectivity index (χ3v) is 15.9. The molecule has 85 heavy (non-hydrogen) atoms. The summed E-state index contributed by atoms with van der Waals surface area (Å²) >= 11 is 0. The van der Waals surface area contributed by atoms with Gasteiger partial charge in [0.05, 0.1) is 18.8 Å². The Morgan fingerprint density at radius 3 is 1.33 bits per heavy atom. The molecule has 6 N–H and O–H groups in total. The van der Waals surface area contributed by atoms with Crippen molar-refractivity contribution in [2.45, 2.75) is 222 Å². The number of hydrogen-bond acceptors (Lipinski definition) is 13. The van der Waals surface area contributed by atoms with Crippen LogP contribution in [0.3, 0.4) is 0 Å². The van der Waals surface area contributed by atoms with Gasteiger partial charge in [-0.15, -0.1) is 0 Å². The average Bonchev–Trinajstić information content (AvgIpc) is 3.62. The summed E-state index contributed by atoms with van der Waals surface area (Å²) in [4.78, 5) is 168. The van der Waals surface area contributed by atoms with E-state index in [9.17, 15) is 53.4 Å². The average molecular weight is 1200 g/mol. The highest BCUT2D eigenvalue weighted by atomic mass is 16.3. The Kier molecular flexibility index (Phi) is 31.5. The van der Waals surface area contributed by atoms with E-state index in [2.05, 4.69) is 21.3 Å². The minimum absolute atomic E-state index is 0.000798. The van der Waals surface area contributed by atoms with Crippen LogP contribution in [0.4, 0.5) is 0 Å². The molecular weight excluding hydrogens is 1090 g/mol. The summed E-state index contributed by atoms with van der Waals surface area (Å²) in [6.45, 7) is 26.7. The number of likely N-dealkylation sites (N-methyl/N-ethyl adjacent to an activating group) is 7. The molecule has 0 aliphatic carbocycles. The number of amides is 11. The number of carbonyl (C=O) groups excluding carboxylic acids is 11. The van der Waals surface area contributed by atoms with E-state index in [4.69, 9.17) is 0 Å². The number of rotatable bonds is 15. The number of carbonyl (C=O) groups is 11. The summed E-state index contributed by atoms with van der Waals surface area (Å²) in [5.41, 5.74) is 0. The lowest BCUT2D eigenvalue weighted by atomic mass is 9.91. The van der Waals surface area contributed by atoms with E-state index in [0.717, 1.165) is 19.6 Å². The SMILES string of the molecule is C/C=C/C[C@@H](C)[C@@H](O)[C@H]1C(=O)N[C@@H](CC)C(=O)N(C)CC(=O)N(C)[C@@H](CC(C)C)C(=O)N[C@@H]([C@@H](C)O)C(=O)N(C)[C@@H](CC(C)C)C(=O)N[C@@H](C)C(=O)N[C@H](C)C(=O)N(C)[C@@H](CC(C)C)C(=O)N(C)[C@@H](CC(C)C)C(=O)N(C)[C@@H](C(C)C)C(=O)N1C. The number of aliphatic hydroxyl groups excluding tert-OH is 2. The van der Waals surface area contributed by atoms with Crippen molar-refractivity contribution in [3.63, 3.8) is 0 Å². The fourth-order valence-corrected chi connectivity index (χ4v) is 10.6. The Labute approximate surface area is 507 Å². The lowest BCUT2D eigenvalue weighted by molar-refractivity contribution is -0.157. The van der Waals surface area contributed by atoms with Crippen molar-refractivity contribution in [1.29, 1.82) is 0 Å². The molecule has 0 aromatic heterocycles. The van der Waals surface area contributed by atoms with Gasteiger partial charge in [-0.05, 0) is 102 Å². The van der Waals surface area contributed by atoms with Crippen molar-refractivity contribution < 1.29 is 63.0 Å². The Morgan fingerprint density at radius 2 is 0.882 bits per heavy atom. The topological polar surface area (TPSA) is 299 Å².